The van der Waals surface area contributed by atoms with E-state index >= 15 is 0 Å². The van der Waals surface area contributed by atoms with Crippen LogP contribution in [-0.2, 0) is 25.5 Å². The lowest BCUT2D eigenvalue weighted by molar-refractivity contribution is -0.152. The molecular formula is C34H51N3O7S. The van der Waals surface area contributed by atoms with Crippen molar-refractivity contribution in [1.29, 1.82) is 0 Å². The van der Waals surface area contributed by atoms with E-state index < -0.39 is 47.6 Å². The molecule has 2 N–H and O–H groups in total. The lowest BCUT2D eigenvalue weighted by atomic mass is 9.92. The van der Waals surface area contributed by atoms with Crippen molar-refractivity contribution >= 4 is 35.3 Å². The lowest BCUT2D eigenvalue weighted by Gasteiger charge is -2.34. The lowest BCUT2D eigenvalue weighted by Crippen LogP contribution is -2.44. The maximum Gasteiger partial charge on any atom is 0.410 e. The average Bonchev–Trinajstić information content (AvgIpc) is 3.39. The maximum atomic E-state index is 13.4. The number of aromatic nitrogens is 1. The van der Waals surface area contributed by atoms with Crippen molar-refractivity contribution in [3.05, 3.63) is 52.0 Å². The van der Waals surface area contributed by atoms with E-state index in [-0.39, 0.29) is 42.3 Å². The number of thiazole rings is 1. The molecular weight excluding hydrogens is 594 g/mol. The summed E-state index contributed by atoms with van der Waals surface area (Å²) in [4.78, 5) is 57.1. The summed E-state index contributed by atoms with van der Waals surface area (Å²) in [6.07, 6.45) is -0.158. The third kappa shape index (κ3) is 13.2. The van der Waals surface area contributed by atoms with Gasteiger partial charge >= 0.3 is 18.0 Å². The smallest absolute Gasteiger partial charge is 0.410 e. The van der Waals surface area contributed by atoms with Crippen LogP contribution >= 0.6 is 11.3 Å². The van der Waals surface area contributed by atoms with Crippen LogP contribution in [0.5, 0.6) is 0 Å². The Kier molecular flexibility index (Phi) is 13.6. The van der Waals surface area contributed by atoms with Gasteiger partial charge in [-0.1, -0.05) is 71.9 Å². The minimum absolute atomic E-state index is 0.0102. The summed E-state index contributed by atoms with van der Waals surface area (Å²) < 4.78 is 11.6. The first-order valence-corrected chi connectivity index (χ1v) is 16.3. The van der Waals surface area contributed by atoms with Crippen LogP contribution in [0.1, 0.15) is 109 Å². The standard InChI is InChI=1S/C34H51N3O7S/c1-21(2)26(37(10)32(42)44-34(7,8)9)18-27(43-28(38)19-33(4,5)6)30-36-25(20-45-30)29(39)35-24(16-22(3)31(40)41)17-23-14-12-11-13-15-23/h11-15,20-22,24,26-27H,16-19H2,1-10H3,(H,35,39)(H,40,41)/t22?,24?,26-,27-/m1/s1. The number of hydrogen-bond acceptors (Lipinski definition) is 8. The fourth-order valence-electron chi connectivity index (χ4n) is 4.82. The molecule has 0 saturated heterocycles. The quantitative estimate of drug-likeness (QED) is 0.212. The van der Waals surface area contributed by atoms with Gasteiger partial charge in [0.15, 0.2) is 6.10 Å². The second-order valence-electron chi connectivity index (χ2n) is 14.3. The Balaban J connectivity index is 2.35. The Hall–Kier alpha value is -3.47. The summed E-state index contributed by atoms with van der Waals surface area (Å²) in [6.45, 7) is 16.8. The molecule has 0 aliphatic carbocycles. The number of carbonyl (C=O) groups is 4. The third-order valence-electron chi connectivity index (χ3n) is 7.10. The van der Waals surface area contributed by atoms with Gasteiger partial charge in [0.2, 0.25) is 0 Å². The van der Waals surface area contributed by atoms with Crippen molar-refractivity contribution in [2.24, 2.45) is 17.3 Å². The molecule has 0 spiro atoms. The monoisotopic (exact) mass is 645 g/mol. The van der Waals surface area contributed by atoms with Gasteiger partial charge in [0.05, 0.1) is 12.3 Å². The number of carboxylic acids is 1. The molecule has 0 bridgehead atoms. The Morgan fingerprint density at radius 1 is 1.00 bits per heavy atom. The Labute approximate surface area is 271 Å². The molecule has 4 atom stereocenters. The topological polar surface area (TPSA) is 135 Å². The Bertz CT molecular complexity index is 1280. The van der Waals surface area contributed by atoms with E-state index in [4.69, 9.17) is 9.47 Å². The molecule has 10 nitrogen and oxygen atoms in total. The van der Waals surface area contributed by atoms with Gasteiger partial charge in [0.25, 0.3) is 5.91 Å². The Morgan fingerprint density at radius 2 is 1.62 bits per heavy atom. The summed E-state index contributed by atoms with van der Waals surface area (Å²) in [6, 6.07) is 8.75. The molecule has 0 fully saturated rings. The second-order valence-corrected chi connectivity index (χ2v) is 15.2. The number of benzene rings is 1. The van der Waals surface area contributed by atoms with Crippen LogP contribution in [0.3, 0.4) is 0 Å². The summed E-state index contributed by atoms with van der Waals surface area (Å²) in [5, 5.41) is 14.5. The summed E-state index contributed by atoms with van der Waals surface area (Å²) in [5.41, 5.74) is 0.138. The summed E-state index contributed by atoms with van der Waals surface area (Å²) >= 11 is 1.20. The van der Waals surface area contributed by atoms with Crippen LogP contribution < -0.4 is 5.32 Å². The van der Waals surface area contributed by atoms with E-state index in [0.29, 0.717) is 11.4 Å². The number of rotatable bonds is 14. The van der Waals surface area contributed by atoms with Crippen molar-refractivity contribution in [1.82, 2.24) is 15.2 Å². The number of nitrogens with zero attached hydrogens (tertiary/aromatic N) is 2. The van der Waals surface area contributed by atoms with Gasteiger partial charge in [0, 0.05) is 30.9 Å². The highest BCUT2D eigenvalue weighted by Crippen LogP contribution is 2.32. The van der Waals surface area contributed by atoms with Crippen LogP contribution in [0.15, 0.2) is 35.7 Å². The number of carboxylic acid groups (broad SMARTS) is 1. The number of aliphatic carboxylic acids is 1. The van der Waals surface area contributed by atoms with Crippen molar-refractivity contribution in [3.8, 4) is 0 Å². The van der Waals surface area contributed by atoms with Gasteiger partial charge in [-0.3, -0.25) is 14.4 Å². The zero-order valence-corrected chi connectivity index (χ0v) is 29.2. The molecule has 11 heteroatoms. The van der Waals surface area contributed by atoms with E-state index in [9.17, 15) is 24.3 Å². The largest absolute Gasteiger partial charge is 0.481 e. The fraction of sp³-hybridized carbons (Fsp3) is 0.618. The molecule has 0 saturated carbocycles. The molecule has 250 valence electrons. The predicted molar refractivity (Wildman–Crippen MR) is 175 cm³/mol. The molecule has 2 unspecified atom stereocenters. The first kappa shape index (κ1) is 37.7. The molecule has 1 aromatic carbocycles. The zero-order chi connectivity index (χ0) is 34.1. The van der Waals surface area contributed by atoms with E-state index in [0.717, 1.165) is 5.56 Å². The highest BCUT2D eigenvalue weighted by molar-refractivity contribution is 7.09. The van der Waals surface area contributed by atoms with Gasteiger partial charge in [-0.05, 0) is 50.5 Å². The van der Waals surface area contributed by atoms with E-state index in [1.165, 1.54) is 16.2 Å². The van der Waals surface area contributed by atoms with Crippen LogP contribution in [0.2, 0.25) is 0 Å². The fourth-order valence-corrected chi connectivity index (χ4v) is 5.66. The van der Waals surface area contributed by atoms with Gasteiger partial charge in [-0.2, -0.15) is 0 Å². The molecule has 2 amide bonds. The van der Waals surface area contributed by atoms with E-state index in [2.05, 4.69) is 10.3 Å². The molecule has 2 rings (SSSR count). The highest BCUT2D eigenvalue weighted by Gasteiger charge is 2.34. The van der Waals surface area contributed by atoms with E-state index in [1.807, 2.05) is 65.0 Å². The molecule has 2 aromatic rings. The summed E-state index contributed by atoms with van der Waals surface area (Å²) in [5.74, 6) is -2.45. The van der Waals surface area contributed by atoms with Crippen molar-refractivity contribution in [2.75, 3.05) is 7.05 Å². The molecule has 0 radical (unpaired) electrons. The van der Waals surface area contributed by atoms with Crippen LogP contribution in [0, 0.1) is 17.3 Å². The molecule has 0 aliphatic heterocycles. The zero-order valence-electron chi connectivity index (χ0n) is 28.4. The number of carbonyl (C=O) groups excluding carboxylic acids is 3. The van der Waals surface area contributed by atoms with Gasteiger partial charge in [0.1, 0.15) is 16.3 Å². The third-order valence-corrected chi connectivity index (χ3v) is 8.04. The highest BCUT2D eigenvalue weighted by atomic mass is 32.1. The SMILES string of the molecule is CC(CC(Cc1ccccc1)NC(=O)c1csc([C@@H](C[C@H](C(C)C)N(C)C(=O)OC(C)(C)C)OC(=O)CC(C)(C)C)n1)C(=O)O. The van der Waals surface area contributed by atoms with Crippen LogP contribution in [0.4, 0.5) is 4.79 Å². The van der Waals surface area contributed by atoms with Gasteiger partial charge in [-0.25, -0.2) is 9.78 Å². The van der Waals surface area contributed by atoms with Crippen molar-refractivity contribution < 1.29 is 33.8 Å². The predicted octanol–water partition coefficient (Wildman–Crippen LogP) is 6.90. The van der Waals surface area contributed by atoms with Gasteiger partial charge in [-0.15, -0.1) is 11.3 Å². The van der Waals surface area contributed by atoms with Gasteiger partial charge < -0.3 is 24.8 Å². The molecule has 45 heavy (non-hydrogen) atoms. The first-order valence-electron chi connectivity index (χ1n) is 15.4. The number of ether oxygens (including phenoxy) is 2. The Morgan fingerprint density at radius 3 is 2.16 bits per heavy atom. The minimum atomic E-state index is -0.936. The summed E-state index contributed by atoms with van der Waals surface area (Å²) in [7, 11) is 1.67. The normalized spacial score (nSPS) is 14.6. The number of nitrogens with one attached hydrogen (secondary N) is 1. The van der Waals surface area contributed by atoms with E-state index in [1.54, 1.807) is 40.1 Å². The van der Waals surface area contributed by atoms with Crippen LogP contribution in [-0.4, -0.2) is 63.7 Å². The minimum Gasteiger partial charge on any atom is -0.481 e. The van der Waals surface area contributed by atoms with Crippen molar-refractivity contribution in [2.45, 2.75) is 112 Å². The van der Waals surface area contributed by atoms with Crippen molar-refractivity contribution in [3.63, 3.8) is 0 Å². The van der Waals surface area contributed by atoms with Crippen LogP contribution in [0.25, 0.3) is 0 Å². The number of amides is 2. The molecule has 1 heterocycles. The average molecular weight is 646 g/mol. The molecule has 1 aromatic heterocycles. The first-order chi connectivity index (χ1) is 20.8. The maximum absolute atomic E-state index is 13.4. The second kappa shape index (κ2) is 16.2. The number of hydrogen-bond donors (Lipinski definition) is 2. The number of esters is 1. The molecule has 0 aliphatic rings.